The summed E-state index contributed by atoms with van der Waals surface area (Å²) >= 11 is 0. The number of carbonyl (C=O) groups is 1. The van der Waals surface area contributed by atoms with E-state index in [1.54, 1.807) is 0 Å². The molecule has 0 saturated heterocycles. The van der Waals surface area contributed by atoms with Crippen molar-refractivity contribution in [3.05, 3.63) is 35.9 Å². The van der Waals surface area contributed by atoms with Crippen molar-refractivity contribution < 1.29 is 15.0 Å². The van der Waals surface area contributed by atoms with Crippen LogP contribution in [0.2, 0.25) is 0 Å². The van der Waals surface area contributed by atoms with Gasteiger partial charge in [-0.1, -0.05) is 30.3 Å². The Kier molecular flexibility index (Phi) is 3.94. The highest BCUT2D eigenvalue weighted by Gasteiger charge is 2.10. The second-order valence-corrected chi connectivity index (χ2v) is 2.98. The van der Waals surface area contributed by atoms with Crippen LogP contribution in [-0.2, 0) is 0 Å². The molecule has 1 unspecified atom stereocenters. The molecule has 76 valence electrons. The van der Waals surface area contributed by atoms with Gasteiger partial charge in [0.25, 0.3) is 0 Å². The van der Waals surface area contributed by atoms with E-state index in [0.29, 0.717) is 0 Å². The number of aliphatic hydroxyl groups is 1. The number of amides is 1. The maximum Gasteiger partial charge on any atom is 0.404 e. The fourth-order valence-electron chi connectivity index (χ4n) is 1.22. The summed E-state index contributed by atoms with van der Waals surface area (Å²) in [4.78, 5) is 10.3. The van der Waals surface area contributed by atoms with Crippen LogP contribution in [0.25, 0.3) is 0 Å². The molecule has 0 saturated carbocycles. The smallest absolute Gasteiger partial charge is 0.404 e. The van der Waals surface area contributed by atoms with E-state index in [2.05, 4.69) is 5.32 Å². The maximum atomic E-state index is 10.3. The first-order valence-electron chi connectivity index (χ1n) is 4.36. The molecule has 1 rings (SSSR count). The zero-order valence-corrected chi connectivity index (χ0v) is 7.68. The molecule has 4 heteroatoms. The molecule has 1 aromatic rings. The van der Waals surface area contributed by atoms with Gasteiger partial charge >= 0.3 is 6.09 Å². The molecule has 0 fully saturated rings. The van der Waals surface area contributed by atoms with Gasteiger partial charge in [0.05, 0.1) is 6.61 Å². The minimum atomic E-state index is -1.07. The van der Waals surface area contributed by atoms with Gasteiger partial charge in [-0.05, 0) is 5.56 Å². The molecule has 0 bridgehead atoms. The second kappa shape index (κ2) is 5.24. The normalized spacial score (nSPS) is 12.1. The lowest BCUT2D eigenvalue weighted by Crippen LogP contribution is -2.28. The first-order chi connectivity index (χ1) is 6.74. The molecule has 0 aliphatic rings. The van der Waals surface area contributed by atoms with Gasteiger partial charge in [-0.25, -0.2) is 4.79 Å². The first-order valence-corrected chi connectivity index (χ1v) is 4.36. The van der Waals surface area contributed by atoms with E-state index in [4.69, 9.17) is 10.2 Å². The largest absolute Gasteiger partial charge is 0.465 e. The monoisotopic (exact) mass is 195 g/mol. The molecular weight excluding hydrogens is 182 g/mol. The Balaban J connectivity index is 2.58. The van der Waals surface area contributed by atoms with Gasteiger partial charge in [-0.15, -0.1) is 0 Å². The number of benzene rings is 1. The molecule has 0 radical (unpaired) electrons. The number of aliphatic hydroxyl groups excluding tert-OH is 1. The third kappa shape index (κ3) is 3.06. The predicted molar refractivity (Wildman–Crippen MR) is 52.3 cm³/mol. The summed E-state index contributed by atoms with van der Waals surface area (Å²) in [6.07, 6.45) is -1.07. The predicted octanol–water partition coefficient (Wildman–Crippen LogP) is 1.03. The lowest BCUT2D eigenvalue weighted by Gasteiger charge is -2.13. The van der Waals surface area contributed by atoms with E-state index in [9.17, 15) is 4.79 Å². The Morgan fingerprint density at radius 3 is 2.50 bits per heavy atom. The van der Waals surface area contributed by atoms with Gasteiger partial charge in [0, 0.05) is 12.5 Å². The highest BCUT2D eigenvalue weighted by Crippen LogP contribution is 2.13. The van der Waals surface area contributed by atoms with Gasteiger partial charge in [-0.3, -0.25) is 0 Å². The molecule has 1 atom stereocenters. The number of rotatable bonds is 4. The van der Waals surface area contributed by atoms with E-state index in [1.165, 1.54) is 0 Å². The van der Waals surface area contributed by atoms with Gasteiger partial charge in [-0.2, -0.15) is 0 Å². The zero-order chi connectivity index (χ0) is 10.4. The molecule has 1 aromatic carbocycles. The minimum absolute atomic E-state index is 0.0652. The molecular formula is C10H13NO3. The van der Waals surface area contributed by atoms with E-state index >= 15 is 0 Å². The van der Waals surface area contributed by atoms with Crippen LogP contribution < -0.4 is 5.32 Å². The van der Waals surface area contributed by atoms with Crippen LogP contribution in [0.4, 0.5) is 4.79 Å². The van der Waals surface area contributed by atoms with Crippen molar-refractivity contribution in [3.63, 3.8) is 0 Å². The maximum absolute atomic E-state index is 10.3. The number of carboxylic acid groups (broad SMARTS) is 1. The Morgan fingerprint density at radius 2 is 2.00 bits per heavy atom. The fraction of sp³-hybridized carbons (Fsp3) is 0.300. The SMILES string of the molecule is O=C(O)NCC(CO)c1ccccc1. The standard InChI is InChI=1S/C10H13NO3/c12-7-9(6-11-10(13)14)8-4-2-1-3-5-8/h1-5,9,11-12H,6-7H2,(H,13,14). The van der Waals surface area contributed by atoms with Gasteiger partial charge in [0.2, 0.25) is 0 Å². The Bertz CT molecular complexity index is 287. The van der Waals surface area contributed by atoms with Gasteiger partial charge in [0.15, 0.2) is 0 Å². The average molecular weight is 195 g/mol. The van der Waals surface area contributed by atoms with Crippen LogP contribution in [0.3, 0.4) is 0 Å². The molecule has 0 aromatic heterocycles. The highest BCUT2D eigenvalue weighted by atomic mass is 16.4. The molecule has 0 aliphatic heterocycles. The summed E-state index contributed by atoms with van der Waals surface area (Å²) in [5.41, 5.74) is 0.934. The van der Waals surface area contributed by atoms with E-state index in [0.717, 1.165) is 5.56 Å². The van der Waals surface area contributed by atoms with Crippen molar-refractivity contribution >= 4 is 6.09 Å². The van der Waals surface area contributed by atoms with Crippen molar-refractivity contribution in [1.82, 2.24) is 5.32 Å². The van der Waals surface area contributed by atoms with E-state index in [-0.39, 0.29) is 19.1 Å². The van der Waals surface area contributed by atoms with Crippen molar-refractivity contribution in [2.75, 3.05) is 13.2 Å². The molecule has 0 heterocycles. The van der Waals surface area contributed by atoms with Crippen LogP contribution in [0.5, 0.6) is 0 Å². The van der Waals surface area contributed by atoms with Crippen molar-refractivity contribution in [3.8, 4) is 0 Å². The molecule has 0 aliphatic carbocycles. The third-order valence-electron chi connectivity index (χ3n) is 1.99. The van der Waals surface area contributed by atoms with Gasteiger partial charge < -0.3 is 15.5 Å². The molecule has 1 amide bonds. The topological polar surface area (TPSA) is 69.6 Å². The Labute approximate surface area is 82.2 Å². The summed E-state index contributed by atoms with van der Waals surface area (Å²) in [5, 5.41) is 19.7. The minimum Gasteiger partial charge on any atom is -0.465 e. The highest BCUT2D eigenvalue weighted by molar-refractivity contribution is 5.64. The second-order valence-electron chi connectivity index (χ2n) is 2.98. The van der Waals surface area contributed by atoms with Crippen molar-refractivity contribution in [1.29, 1.82) is 0 Å². The molecule has 0 spiro atoms. The summed E-state index contributed by atoms with van der Waals surface area (Å²) in [6, 6.07) is 9.33. The number of hydrogen-bond acceptors (Lipinski definition) is 2. The third-order valence-corrected chi connectivity index (χ3v) is 1.99. The van der Waals surface area contributed by atoms with E-state index < -0.39 is 6.09 Å². The number of hydrogen-bond donors (Lipinski definition) is 3. The fourth-order valence-corrected chi connectivity index (χ4v) is 1.22. The number of nitrogens with one attached hydrogen (secondary N) is 1. The first kappa shape index (κ1) is 10.5. The summed E-state index contributed by atoms with van der Waals surface area (Å²) in [6.45, 7) is 0.167. The quantitative estimate of drug-likeness (QED) is 0.672. The van der Waals surface area contributed by atoms with Crippen molar-refractivity contribution in [2.45, 2.75) is 5.92 Å². The Hall–Kier alpha value is -1.55. The van der Waals surface area contributed by atoms with Crippen LogP contribution in [-0.4, -0.2) is 29.5 Å². The van der Waals surface area contributed by atoms with Crippen molar-refractivity contribution in [2.24, 2.45) is 0 Å². The zero-order valence-electron chi connectivity index (χ0n) is 7.68. The summed E-state index contributed by atoms with van der Waals surface area (Å²) in [5.74, 6) is -0.174. The van der Waals surface area contributed by atoms with Crippen LogP contribution in [0.15, 0.2) is 30.3 Å². The van der Waals surface area contributed by atoms with Gasteiger partial charge in [0.1, 0.15) is 0 Å². The summed E-state index contributed by atoms with van der Waals surface area (Å²) in [7, 11) is 0. The molecule has 3 N–H and O–H groups in total. The summed E-state index contributed by atoms with van der Waals surface area (Å²) < 4.78 is 0. The Morgan fingerprint density at radius 1 is 1.36 bits per heavy atom. The lowest BCUT2D eigenvalue weighted by molar-refractivity contribution is 0.191. The average Bonchev–Trinajstić information content (AvgIpc) is 2.20. The van der Waals surface area contributed by atoms with E-state index in [1.807, 2.05) is 30.3 Å². The van der Waals surface area contributed by atoms with Crippen LogP contribution >= 0.6 is 0 Å². The molecule has 14 heavy (non-hydrogen) atoms. The van der Waals surface area contributed by atoms with Crippen LogP contribution in [0.1, 0.15) is 11.5 Å². The molecule has 4 nitrogen and oxygen atoms in total. The lowest BCUT2D eigenvalue weighted by atomic mass is 10.0. The van der Waals surface area contributed by atoms with Crippen LogP contribution in [0, 0.1) is 0 Å².